The number of ether oxygens (including phenoxy) is 1. The zero-order valence-corrected chi connectivity index (χ0v) is 11.1. The van der Waals surface area contributed by atoms with Crippen molar-refractivity contribution in [2.24, 2.45) is 0 Å². The molecule has 1 aliphatic heterocycles. The first kappa shape index (κ1) is 11.5. The quantitative estimate of drug-likeness (QED) is 0.637. The Balaban J connectivity index is 2.51. The summed E-state index contributed by atoms with van der Waals surface area (Å²) in [6.07, 6.45) is 2.24. The molecular formula is C15H22O. The van der Waals surface area contributed by atoms with E-state index in [-0.39, 0.29) is 11.0 Å². The van der Waals surface area contributed by atoms with Gasteiger partial charge in [-0.2, -0.15) is 0 Å². The lowest BCUT2D eigenvalue weighted by Crippen LogP contribution is -2.34. The number of rotatable bonds is 0. The second-order valence-corrected chi connectivity index (χ2v) is 6.41. The molecule has 0 aliphatic carbocycles. The van der Waals surface area contributed by atoms with Crippen molar-refractivity contribution in [1.29, 1.82) is 0 Å². The Morgan fingerprint density at radius 3 is 2.50 bits per heavy atom. The van der Waals surface area contributed by atoms with Gasteiger partial charge in [0.15, 0.2) is 0 Å². The summed E-state index contributed by atoms with van der Waals surface area (Å²) < 4.78 is 6.18. The zero-order valence-electron chi connectivity index (χ0n) is 11.1. The summed E-state index contributed by atoms with van der Waals surface area (Å²) >= 11 is 0. The molecule has 0 aromatic heterocycles. The molecule has 88 valence electrons. The van der Waals surface area contributed by atoms with Gasteiger partial charge in [-0.25, -0.2) is 0 Å². The van der Waals surface area contributed by atoms with Crippen molar-refractivity contribution in [2.45, 2.75) is 58.5 Å². The Morgan fingerprint density at radius 1 is 1.19 bits per heavy atom. The number of hydrogen-bond acceptors (Lipinski definition) is 1. The second-order valence-electron chi connectivity index (χ2n) is 6.41. The van der Waals surface area contributed by atoms with E-state index in [9.17, 15) is 0 Å². The van der Waals surface area contributed by atoms with Crippen molar-refractivity contribution >= 4 is 0 Å². The molecule has 0 unspecified atom stereocenters. The van der Waals surface area contributed by atoms with Crippen molar-refractivity contribution in [3.8, 4) is 5.75 Å². The average Bonchev–Trinajstić information content (AvgIpc) is 2.13. The van der Waals surface area contributed by atoms with Crippen LogP contribution in [0.2, 0.25) is 0 Å². The van der Waals surface area contributed by atoms with Crippen LogP contribution in [0.25, 0.3) is 0 Å². The smallest absolute Gasteiger partial charge is 0.127 e. The molecule has 0 spiro atoms. The second kappa shape index (κ2) is 3.51. The largest absolute Gasteiger partial charge is 0.487 e. The van der Waals surface area contributed by atoms with Gasteiger partial charge in [0.1, 0.15) is 11.4 Å². The summed E-state index contributed by atoms with van der Waals surface area (Å²) in [5, 5.41) is 0. The topological polar surface area (TPSA) is 9.23 Å². The van der Waals surface area contributed by atoms with Crippen LogP contribution in [0.4, 0.5) is 0 Å². The fourth-order valence-electron chi connectivity index (χ4n) is 2.26. The van der Waals surface area contributed by atoms with Gasteiger partial charge < -0.3 is 4.74 Å². The third kappa shape index (κ3) is 2.09. The monoisotopic (exact) mass is 218 g/mol. The molecule has 0 radical (unpaired) electrons. The predicted molar refractivity (Wildman–Crippen MR) is 68.2 cm³/mol. The maximum atomic E-state index is 6.18. The number of para-hydroxylation sites is 1. The summed E-state index contributed by atoms with van der Waals surface area (Å²) in [5.74, 6) is 1.13. The molecule has 0 bridgehead atoms. The van der Waals surface area contributed by atoms with Crippen LogP contribution in [-0.4, -0.2) is 5.60 Å². The number of benzene rings is 1. The van der Waals surface area contributed by atoms with E-state index >= 15 is 0 Å². The molecule has 0 saturated carbocycles. The van der Waals surface area contributed by atoms with E-state index in [0.717, 1.165) is 18.6 Å². The molecule has 2 rings (SSSR count). The van der Waals surface area contributed by atoms with E-state index in [1.54, 1.807) is 0 Å². The molecule has 0 atom stereocenters. The van der Waals surface area contributed by atoms with Gasteiger partial charge in [-0.15, -0.1) is 0 Å². The normalized spacial score (nSPS) is 18.8. The Bertz CT molecular complexity index is 396. The average molecular weight is 218 g/mol. The van der Waals surface area contributed by atoms with Crippen LogP contribution in [-0.2, 0) is 11.8 Å². The molecule has 1 heteroatoms. The van der Waals surface area contributed by atoms with Gasteiger partial charge in [0.25, 0.3) is 0 Å². The van der Waals surface area contributed by atoms with Crippen LogP contribution in [0.5, 0.6) is 5.75 Å². The first-order chi connectivity index (χ1) is 7.30. The number of aryl methyl sites for hydroxylation is 1. The minimum Gasteiger partial charge on any atom is -0.487 e. The van der Waals surface area contributed by atoms with E-state index < -0.39 is 0 Å². The molecule has 16 heavy (non-hydrogen) atoms. The lowest BCUT2D eigenvalue weighted by Gasteiger charge is -2.36. The molecule has 0 amide bonds. The SMILES string of the molecule is CC1(C)CCc2cccc(C(C)(C)C)c2O1. The third-order valence-electron chi connectivity index (χ3n) is 3.28. The van der Waals surface area contributed by atoms with E-state index in [0.29, 0.717) is 0 Å². The Labute approximate surface area is 98.8 Å². The minimum absolute atomic E-state index is 0.0195. The molecular weight excluding hydrogens is 196 g/mol. The van der Waals surface area contributed by atoms with Gasteiger partial charge in [-0.3, -0.25) is 0 Å². The van der Waals surface area contributed by atoms with Gasteiger partial charge in [-0.1, -0.05) is 39.0 Å². The van der Waals surface area contributed by atoms with Crippen LogP contribution in [0, 0.1) is 0 Å². The van der Waals surface area contributed by atoms with E-state index in [1.165, 1.54) is 11.1 Å². The van der Waals surface area contributed by atoms with Gasteiger partial charge in [0.2, 0.25) is 0 Å². The van der Waals surface area contributed by atoms with Crippen molar-refractivity contribution in [1.82, 2.24) is 0 Å². The summed E-state index contributed by atoms with van der Waals surface area (Å²) in [6.45, 7) is 11.1. The first-order valence-electron chi connectivity index (χ1n) is 6.11. The van der Waals surface area contributed by atoms with Gasteiger partial charge in [0.05, 0.1) is 0 Å². The summed E-state index contributed by atoms with van der Waals surface area (Å²) in [5.41, 5.74) is 2.83. The summed E-state index contributed by atoms with van der Waals surface area (Å²) in [6, 6.07) is 6.54. The summed E-state index contributed by atoms with van der Waals surface area (Å²) in [4.78, 5) is 0. The molecule has 0 saturated heterocycles. The van der Waals surface area contributed by atoms with Crippen molar-refractivity contribution in [2.75, 3.05) is 0 Å². The Kier molecular flexibility index (Phi) is 2.52. The fourth-order valence-corrected chi connectivity index (χ4v) is 2.26. The number of hydrogen-bond donors (Lipinski definition) is 0. The molecule has 1 nitrogen and oxygen atoms in total. The fraction of sp³-hybridized carbons (Fsp3) is 0.600. The maximum Gasteiger partial charge on any atom is 0.127 e. The van der Waals surface area contributed by atoms with Crippen LogP contribution in [0.3, 0.4) is 0 Å². The number of fused-ring (bicyclic) bond motifs is 1. The Hall–Kier alpha value is -0.980. The van der Waals surface area contributed by atoms with Gasteiger partial charge in [-0.05, 0) is 43.2 Å². The van der Waals surface area contributed by atoms with E-state index in [4.69, 9.17) is 4.74 Å². The lowest BCUT2D eigenvalue weighted by molar-refractivity contribution is 0.0820. The molecule has 1 aromatic rings. The molecule has 1 aromatic carbocycles. The van der Waals surface area contributed by atoms with E-state index in [2.05, 4.69) is 52.8 Å². The van der Waals surface area contributed by atoms with Crippen LogP contribution in [0.1, 0.15) is 52.2 Å². The van der Waals surface area contributed by atoms with Crippen molar-refractivity contribution in [3.05, 3.63) is 29.3 Å². The summed E-state index contributed by atoms with van der Waals surface area (Å²) in [7, 11) is 0. The van der Waals surface area contributed by atoms with Crippen LogP contribution < -0.4 is 4.74 Å². The van der Waals surface area contributed by atoms with E-state index in [1.807, 2.05) is 0 Å². The molecule has 0 fully saturated rings. The predicted octanol–water partition coefficient (Wildman–Crippen LogP) is 4.09. The van der Waals surface area contributed by atoms with Crippen molar-refractivity contribution in [3.63, 3.8) is 0 Å². The standard InChI is InChI=1S/C15H22O/c1-14(2,3)12-8-6-7-11-9-10-15(4,5)16-13(11)12/h6-8H,9-10H2,1-5H3. The Morgan fingerprint density at radius 2 is 1.88 bits per heavy atom. The minimum atomic E-state index is -0.0195. The highest BCUT2D eigenvalue weighted by Gasteiger charge is 2.30. The zero-order chi connectivity index (χ0) is 12.0. The molecule has 1 heterocycles. The highest BCUT2D eigenvalue weighted by molar-refractivity contribution is 5.46. The molecule has 1 aliphatic rings. The van der Waals surface area contributed by atoms with Gasteiger partial charge >= 0.3 is 0 Å². The highest BCUT2D eigenvalue weighted by atomic mass is 16.5. The van der Waals surface area contributed by atoms with Crippen LogP contribution in [0.15, 0.2) is 18.2 Å². The molecule has 0 N–H and O–H groups in total. The maximum absolute atomic E-state index is 6.18. The lowest BCUT2D eigenvalue weighted by atomic mass is 9.83. The van der Waals surface area contributed by atoms with Gasteiger partial charge in [0, 0.05) is 0 Å². The first-order valence-corrected chi connectivity index (χ1v) is 6.11. The van der Waals surface area contributed by atoms with Crippen molar-refractivity contribution < 1.29 is 4.74 Å². The highest BCUT2D eigenvalue weighted by Crippen LogP contribution is 2.40. The third-order valence-corrected chi connectivity index (χ3v) is 3.28. The van der Waals surface area contributed by atoms with Crippen LogP contribution >= 0.6 is 0 Å².